The first kappa shape index (κ1) is 18.0. The molecule has 1 amide bonds. The molecule has 0 bridgehead atoms. The van der Waals surface area contributed by atoms with Gasteiger partial charge in [0.25, 0.3) is 5.91 Å². The van der Waals surface area contributed by atoms with Crippen molar-refractivity contribution < 1.29 is 9.53 Å². The van der Waals surface area contributed by atoms with Gasteiger partial charge >= 0.3 is 0 Å². The zero-order valence-electron chi connectivity index (χ0n) is 15.0. The smallest absolute Gasteiger partial charge is 0.253 e. The lowest BCUT2D eigenvalue weighted by atomic mass is 10.1. The summed E-state index contributed by atoms with van der Waals surface area (Å²) in [5.41, 5.74) is 1.69. The number of rotatable bonds is 6. The first-order valence-electron chi connectivity index (χ1n) is 8.88. The Morgan fingerprint density at radius 1 is 1.32 bits per heavy atom. The summed E-state index contributed by atoms with van der Waals surface area (Å²) in [6.45, 7) is 4.36. The SMILES string of the molecule is Cc1ccc(CNc2cccc(C(=O)N(C)CC3CCCCO3)c2)s1. The van der Waals surface area contributed by atoms with Gasteiger partial charge < -0.3 is 15.0 Å². The van der Waals surface area contributed by atoms with E-state index in [1.165, 1.54) is 16.2 Å². The summed E-state index contributed by atoms with van der Waals surface area (Å²) in [6, 6.07) is 12.0. The van der Waals surface area contributed by atoms with Gasteiger partial charge in [0.15, 0.2) is 0 Å². The summed E-state index contributed by atoms with van der Waals surface area (Å²) in [5, 5.41) is 3.40. The van der Waals surface area contributed by atoms with Crippen molar-refractivity contribution in [2.75, 3.05) is 25.5 Å². The number of carbonyl (C=O) groups is 1. The Labute approximate surface area is 153 Å². The van der Waals surface area contributed by atoms with Crippen LogP contribution in [-0.2, 0) is 11.3 Å². The average Bonchev–Trinajstić information content (AvgIpc) is 3.06. The minimum atomic E-state index is 0.0461. The number of likely N-dealkylation sites (N-methyl/N-ethyl adjacent to an activating group) is 1. The van der Waals surface area contributed by atoms with Gasteiger partial charge in [-0.15, -0.1) is 11.3 Å². The molecule has 134 valence electrons. The third-order valence-electron chi connectivity index (χ3n) is 4.47. The van der Waals surface area contributed by atoms with Crippen LogP contribution in [0.4, 0.5) is 5.69 Å². The standard InChI is InChI=1S/C20H26N2O2S/c1-15-9-10-19(25-15)13-21-17-7-5-6-16(12-17)20(23)22(2)14-18-8-3-4-11-24-18/h5-7,9-10,12,18,21H,3-4,8,11,13-14H2,1-2H3. The quantitative estimate of drug-likeness (QED) is 0.837. The molecule has 1 N–H and O–H groups in total. The highest BCUT2D eigenvalue weighted by atomic mass is 32.1. The first-order chi connectivity index (χ1) is 12.1. The van der Waals surface area contributed by atoms with E-state index >= 15 is 0 Å². The van der Waals surface area contributed by atoms with E-state index in [1.54, 1.807) is 16.2 Å². The van der Waals surface area contributed by atoms with E-state index in [2.05, 4.69) is 24.4 Å². The average molecular weight is 359 g/mol. The molecule has 1 unspecified atom stereocenters. The fourth-order valence-electron chi connectivity index (χ4n) is 3.09. The van der Waals surface area contributed by atoms with E-state index in [-0.39, 0.29) is 12.0 Å². The highest BCUT2D eigenvalue weighted by Gasteiger charge is 2.19. The Bertz CT molecular complexity index is 707. The predicted octanol–water partition coefficient (Wildman–Crippen LogP) is 4.31. The number of benzene rings is 1. The van der Waals surface area contributed by atoms with E-state index < -0.39 is 0 Å². The van der Waals surface area contributed by atoms with Crippen molar-refractivity contribution in [3.63, 3.8) is 0 Å². The summed E-state index contributed by atoms with van der Waals surface area (Å²) in [6.07, 6.45) is 3.53. The molecule has 1 aromatic carbocycles. The Hall–Kier alpha value is -1.85. The molecule has 0 saturated carbocycles. The summed E-state index contributed by atoms with van der Waals surface area (Å²) in [5.74, 6) is 0.0461. The molecule has 0 aliphatic carbocycles. The molecule has 1 aliphatic rings. The largest absolute Gasteiger partial charge is 0.380 e. The topological polar surface area (TPSA) is 41.6 Å². The predicted molar refractivity (Wildman–Crippen MR) is 103 cm³/mol. The maximum absolute atomic E-state index is 12.7. The van der Waals surface area contributed by atoms with Crippen molar-refractivity contribution in [2.45, 2.75) is 38.8 Å². The van der Waals surface area contributed by atoms with Gasteiger partial charge in [-0.1, -0.05) is 6.07 Å². The van der Waals surface area contributed by atoms with Gasteiger partial charge in [-0.3, -0.25) is 4.79 Å². The van der Waals surface area contributed by atoms with Gasteiger partial charge in [0.1, 0.15) is 0 Å². The number of amides is 1. The third kappa shape index (κ3) is 5.06. The van der Waals surface area contributed by atoms with E-state index in [9.17, 15) is 4.79 Å². The molecule has 2 heterocycles. The monoisotopic (exact) mass is 358 g/mol. The Morgan fingerprint density at radius 3 is 2.92 bits per heavy atom. The fraction of sp³-hybridized carbons (Fsp3) is 0.450. The van der Waals surface area contributed by atoms with Crippen LogP contribution in [0.1, 0.15) is 39.4 Å². The normalized spacial score (nSPS) is 17.3. The fourth-order valence-corrected chi connectivity index (χ4v) is 3.92. The lowest BCUT2D eigenvalue weighted by Gasteiger charge is -2.27. The van der Waals surface area contributed by atoms with Crippen LogP contribution in [0.3, 0.4) is 0 Å². The zero-order valence-corrected chi connectivity index (χ0v) is 15.8. The molecule has 25 heavy (non-hydrogen) atoms. The molecule has 0 radical (unpaired) electrons. The van der Waals surface area contributed by atoms with Crippen molar-refractivity contribution >= 4 is 22.9 Å². The highest BCUT2D eigenvalue weighted by Crippen LogP contribution is 2.19. The molecular weight excluding hydrogens is 332 g/mol. The third-order valence-corrected chi connectivity index (χ3v) is 5.47. The molecule has 2 aromatic rings. The number of anilines is 1. The molecule has 1 aliphatic heterocycles. The first-order valence-corrected chi connectivity index (χ1v) is 9.70. The summed E-state index contributed by atoms with van der Waals surface area (Å²) in [7, 11) is 1.86. The number of nitrogens with one attached hydrogen (secondary N) is 1. The minimum Gasteiger partial charge on any atom is -0.380 e. The molecule has 1 saturated heterocycles. The number of carbonyl (C=O) groups excluding carboxylic acids is 1. The van der Waals surface area contributed by atoms with Gasteiger partial charge in [0.2, 0.25) is 0 Å². The lowest BCUT2D eigenvalue weighted by Crippen LogP contribution is -2.37. The van der Waals surface area contributed by atoms with Crippen LogP contribution in [0.25, 0.3) is 0 Å². The van der Waals surface area contributed by atoms with Crippen molar-refractivity contribution in [3.05, 3.63) is 51.7 Å². The second-order valence-electron chi connectivity index (χ2n) is 6.62. The summed E-state index contributed by atoms with van der Waals surface area (Å²) in [4.78, 5) is 17.1. The van der Waals surface area contributed by atoms with Crippen LogP contribution in [0, 0.1) is 6.92 Å². The van der Waals surface area contributed by atoms with Crippen LogP contribution in [0.5, 0.6) is 0 Å². The number of nitrogens with zero attached hydrogens (tertiary/aromatic N) is 1. The molecule has 5 heteroatoms. The molecule has 1 aromatic heterocycles. The Balaban J connectivity index is 1.58. The van der Waals surface area contributed by atoms with Crippen LogP contribution in [0.2, 0.25) is 0 Å². The van der Waals surface area contributed by atoms with Crippen LogP contribution in [-0.4, -0.2) is 37.1 Å². The second-order valence-corrected chi connectivity index (χ2v) is 7.99. The van der Waals surface area contributed by atoms with E-state index in [4.69, 9.17) is 4.74 Å². The van der Waals surface area contributed by atoms with Crippen LogP contribution >= 0.6 is 11.3 Å². The van der Waals surface area contributed by atoms with Crippen LogP contribution < -0.4 is 5.32 Å². The zero-order chi connectivity index (χ0) is 17.6. The maximum atomic E-state index is 12.7. The number of ether oxygens (including phenoxy) is 1. The van der Waals surface area contributed by atoms with E-state index in [0.717, 1.165) is 31.7 Å². The summed E-state index contributed by atoms with van der Waals surface area (Å²) >= 11 is 1.79. The molecule has 1 atom stereocenters. The number of hydrogen-bond acceptors (Lipinski definition) is 4. The van der Waals surface area contributed by atoms with Crippen LogP contribution in [0.15, 0.2) is 36.4 Å². The number of aryl methyl sites for hydroxylation is 1. The van der Waals surface area contributed by atoms with E-state index in [1.807, 2.05) is 31.3 Å². The van der Waals surface area contributed by atoms with Gasteiger partial charge in [-0.05, 0) is 56.5 Å². The van der Waals surface area contributed by atoms with E-state index in [0.29, 0.717) is 12.1 Å². The highest BCUT2D eigenvalue weighted by molar-refractivity contribution is 7.11. The second kappa shape index (κ2) is 8.50. The van der Waals surface area contributed by atoms with Crippen molar-refractivity contribution in [1.29, 1.82) is 0 Å². The minimum absolute atomic E-state index is 0.0461. The van der Waals surface area contributed by atoms with Crippen molar-refractivity contribution in [1.82, 2.24) is 4.90 Å². The Morgan fingerprint density at radius 2 is 2.20 bits per heavy atom. The molecule has 1 fully saturated rings. The van der Waals surface area contributed by atoms with Gasteiger partial charge in [-0.2, -0.15) is 0 Å². The Kier molecular flexibility index (Phi) is 6.10. The number of thiophene rings is 1. The molecule has 0 spiro atoms. The van der Waals surface area contributed by atoms with Gasteiger partial charge in [0, 0.05) is 47.7 Å². The van der Waals surface area contributed by atoms with Crippen molar-refractivity contribution in [2.24, 2.45) is 0 Å². The molecule has 4 nitrogen and oxygen atoms in total. The lowest BCUT2D eigenvalue weighted by molar-refractivity contribution is -0.000185. The van der Waals surface area contributed by atoms with Gasteiger partial charge in [-0.25, -0.2) is 0 Å². The van der Waals surface area contributed by atoms with Crippen molar-refractivity contribution in [3.8, 4) is 0 Å². The van der Waals surface area contributed by atoms with Gasteiger partial charge in [0.05, 0.1) is 6.10 Å². The molecular formula is C20H26N2O2S. The molecule has 3 rings (SSSR count). The number of hydrogen-bond donors (Lipinski definition) is 1. The summed E-state index contributed by atoms with van der Waals surface area (Å²) < 4.78 is 5.74. The maximum Gasteiger partial charge on any atom is 0.253 e.